The van der Waals surface area contributed by atoms with Gasteiger partial charge in [0.1, 0.15) is 6.04 Å². The molecule has 0 aromatic heterocycles. The Kier molecular flexibility index (Phi) is 4.93. The van der Waals surface area contributed by atoms with Crippen LogP contribution < -0.4 is 5.32 Å². The number of carbonyl (C=O) groups is 2. The molecule has 4 nitrogen and oxygen atoms in total. The number of hydrogen-bond donors (Lipinski definition) is 2. The largest absolute Gasteiger partial charge is 0.480 e. The van der Waals surface area contributed by atoms with Gasteiger partial charge in [0.25, 0.3) is 5.91 Å². The third-order valence-electron chi connectivity index (χ3n) is 3.23. The van der Waals surface area contributed by atoms with Crippen molar-refractivity contribution in [2.45, 2.75) is 46.6 Å². The van der Waals surface area contributed by atoms with Gasteiger partial charge in [0.15, 0.2) is 0 Å². The molecule has 4 heteroatoms. The van der Waals surface area contributed by atoms with Crippen LogP contribution in [0.3, 0.4) is 0 Å². The summed E-state index contributed by atoms with van der Waals surface area (Å²) in [6.45, 7) is 9.51. The molecule has 1 rings (SSSR count). The molecule has 0 aliphatic heterocycles. The minimum absolute atomic E-state index is 0.359. The molecule has 0 fully saturated rings. The van der Waals surface area contributed by atoms with Gasteiger partial charge in [-0.15, -0.1) is 0 Å². The monoisotopic (exact) mass is 277 g/mol. The van der Waals surface area contributed by atoms with Crippen molar-refractivity contribution in [1.29, 1.82) is 0 Å². The Morgan fingerprint density at radius 2 is 1.60 bits per heavy atom. The number of aliphatic carboxylic acids is 1. The molecule has 0 unspecified atom stereocenters. The van der Waals surface area contributed by atoms with E-state index in [0.717, 1.165) is 5.56 Å². The Bertz CT molecular complexity index is 483. The normalized spacial score (nSPS) is 13.1. The van der Waals surface area contributed by atoms with Gasteiger partial charge in [-0.05, 0) is 29.0 Å². The first-order valence-corrected chi connectivity index (χ1v) is 6.76. The summed E-state index contributed by atoms with van der Waals surface area (Å²) in [5.74, 6) is -0.985. The summed E-state index contributed by atoms with van der Waals surface area (Å²) < 4.78 is 0. The highest BCUT2D eigenvalue weighted by atomic mass is 16.4. The van der Waals surface area contributed by atoms with Gasteiger partial charge in [-0.25, -0.2) is 4.79 Å². The minimum atomic E-state index is -1.02. The summed E-state index contributed by atoms with van der Waals surface area (Å²) in [7, 11) is 0. The van der Waals surface area contributed by atoms with Gasteiger partial charge >= 0.3 is 5.97 Å². The fraction of sp³-hybridized carbons (Fsp3) is 0.500. The van der Waals surface area contributed by atoms with Crippen LogP contribution in [0.5, 0.6) is 0 Å². The molecule has 1 aromatic carbocycles. The summed E-state index contributed by atoms with van der Waals surface area (Å²) in [5, 5.41) is 11.8. The first kappa shape index (κ1) is 16.2. The topological polar surface area (TPSA) is 66.4 Å². The van der Waals surface area contributed by atoms with Crippen LogP contribution in [0.4, 0.5) is 0 Å². The summed E-state index contributed by atoms with van der Waals surface area (Å²) in [6.07, 6.45) is 0. The zero-order valence-corrected chi connectivity index (χ0v) is 12.7. The molecule has 0 saturated carbocycles. The van der Waals surface area contributed by atoms with Gasteiger partial charge in [0.2, 0.25) is 0 Å². The van der Waals surface area contributed by atoms with E-state index < -0.39 is 17.4 Å². The lowest BCUT2D eigenvalue weighted by molar-refractivity contribution is -0.142. The molecule has 2 N–H and O–H groups in total. The lowest BCUT2D eigenvalue weighted by atomic mass is 9.86. The predicted molar refractivity (Wildman–Crippen MR) is 78.9 cm³/mol. The maximum atomic E-state index is 12.1. The van der Waals surface area contributed by atoms with Gasteiger partial charge in [-0.3, -0.25) is 4.79 Å². The van der Waals surface area contributed by atoms with Crippen molar-refractivity contribution in [3.05, 3.63) is 35.4 Å². The average molecular weight is 277 g/mol. The van der Waals surface area contributed by atoms with Crippen LogP contribution in [0.15, 0.2) is 24.3 Å². The van der Waals surface area contributed by atoms with E-state index in [9.17, 15) is 14.7 Å². The van der Waals surface area contributed by atoms with Gasteiger partial charge in [0, 0.05) is 5.56 Å². The van der Waals surface area contributed by atoms with Crippen molar-refractivity contribution in [2.24, 2.45) is 5.41 Å². The summed E-state index contributed by atoms with van der Waals surface area (Å²) in [6, 6.07) is 6.33. The van der Waals surface area contributed by atoms with Crippen molar-refractivity contribution in [2.75, 3.05) is 0 Å². The second-order valence-electron chi connectivity index (χ2n) is 6.39. The average Bonchev–Trinajstić information content (AvgIpc) is 2.33. The van der Waals surface area contributed by atoms with E-state index in [1.807, 2.05) is 12.1 Å². The van der Waals surface area contributed by atoms with Crippen LogP contribution >= 0.6 is 0 Å². The Labute approximate surface area is 120 Å². The van der Waals surface area contributed by atoms with Crippen LogP contribution in [0.25, 0.3) is 0 Å². The molecule has 20 heavy (non-hydrogen) atoms. The van der Waals surface area contributed by atoms with Gasteiger partial charge in [-0.2, -0.15) is 0 Å². The number of carboxylic acids is 1. The molecule has 0 aliphatic carbocycles. The fourth-order valence-corrected chi connectivity index (χ4v) is 1.88. The molecule has 0 aliphatic rings. The maximum absolute atomic E-state index is 12.1. The summed E-state index contributed by atoms with van der Waals surface area (Å²) in [4.78, 5) is 23.4. The van der Waals surface area contributed by atoms with E-state index in [4.69, 9.17) is 0 Å². The number of carbonyl (C=O) groups excluding carboxylic acids is 1. The van der Waals surface area contributed by atoms with Crippen molar-refractivity contribution >= 4 is 11.9 Å². The first-order chi connectivity index (χ1) is 9.12. The molecule has 1 aromatic rings. The zero-order valence-electron chi connectivity index (χ0n) is 12.7. The highest BCUT2D eigenvalue weighted by Crippen LogP contribution is 2.20. The predicted octanol–water partition coefficient (Wildman–Crippen LogP) is 3.04. The fourth-order valence-electron chi connectivity index (χ4n) is 1.88. The van der Waals surface area contributed by atoms with Crippen LogP contribution in [0.1, 0.15) is 56.5 Å². The van der Waals surface area contributed by atoms with Crippen molar-refractivity contribution in [3.63, 3.8) is 0 Å². The molecular formula is C16H23NO3. The number of amides is 1. The van der Waals surface area contributed by atoms with Crippen LogP contribution in [0, 0.1) is 5.41 Å². The molecule has 0 saturated heterocycles. The molecule has 0 spiro atoms. The van der Waals surface area contributed by atoms with Gasteiger partial charge < -0.3 is 10.4 Å². The third-order valence-corrected chi connectivity index (χ3v) is 3.23. The van der Waals surface area contributed by atoms with Gasteiger partial charge in [0.05, 0.1) is 0 Å². The molecule has 1 amide bonds. The van der Waals surface area contributed by atoms with Gasteiger partial charge in [-0.1, -0.05) is 46.8 Å². The molecule has 1 atom stereocenters. The summed E-state index contributed by atoms with van der Waals surface area (Å²) >= 11 is 0. The SMILES string of the molecule is CC(C)c1ccc(C(=O)N[C@H](C(=O)O)C(C)(C)C)cc1. The van der Waals surface area contributed by atoms with Crippen LogP contribution in [0.2, 0.25) is 0 Å². The smallest absolute Gasteiger partial charge is 0.326 e. The minimum Gasteiger partial charge on any atom is -0.480 e. The van der Waals surface area contributed by atoms with E-state index in [0.29, 0.717) is 11.5 Å². The van der Waals surface area contributed by atoms with E-state index in [1.54, 1.807) is 32.9 Å². The number of hydrogen-bond acceptors (Lipinski definition) is 2. The second-order valence-corrected chi connectivity index (χ2v) is 6.39. The number of benzene rings is 1. The van der Waals surface area contributed by atoms with E-state index in [-0.39, 0.29) is 5.91 Å². The molecule has 0 bridgehead atoms. The van der Waals surface area contributed by atoms with Crippen molar-refractivity contribution < 1.29 is 14.7 Å². The molecule has 0 radical (unpaired) electrons. The number of rotatable bonds is 4. The van der Waals surface area contributed by atoms with E-state index in [1.165, 1.54) is 0 Å². The number of carboxylic acid groups (broad SMARTS) is 1. The van der Waals surface area contributed by atoms with Crippen molar-refractivity contribution in [1.82, 2.24) is 5.32 Å². The lowest BCUT2D eigenvalue weighted by Crippen LogP contribution is -2.49. The quantitative estimate of drug-likeness (QED) is 0.889. The van der Waals surface area contributed by atoms with E-state index >= 15 is 0 Å². The lowest BCUT2D eigenvalue weighted by Gasteiger charge is -2.27. The summed E-state index contributed by atoms with van der Waals surface area (Å²) in [5.41, 5.74) is 1.08. The second kappa shape index (κ2) is 6.07. The number of nitrogens with one attached hydrogen (secondary N) is 1. The Morgan fingerprint density at radius 3 is 1.95 bits per heavy atom. The Balaban J connectivity index is 2.87. The maximum Gasteiger partial charge on any atom is 0.326 e. The standard InChI is InChI=1S/C16H23NO3/c1-10(2)11-6-8-12(9-7-11)14(18)17-13(15(19)20)16(3,4)5/h6-10,13H,1-5H3,(H,17,18)(H,19,20)/t13-/m1/s1. The first-order valence-electron chi connectivity index (χ1n) is 6.76. The van der Waals surface area contributed by atoms with Crippen LogP contribution in [-0.2, 0) is 4.79 Å². The van der Waals surface area contributed by atoms with Crippen molar-refractivity contribution in [3.8, 4) is 0 Å². The Morgan fingerprint density at radius 1 is 1.10 bits per heavy atom. The zero-order chi connectivity index (χ0) is 15.5. The highest BCUT2D eigenvalue weighted by molar-refractivity contribution is 5.96. The third kappa shape index (κ3) is 4.08. The molecule has 0 heterocycles. The van der Waals surface area contributed by atoms with Crippen LogP contribution in [-0.4, -0.2) is 23.0 Å². The molecular weight excluding hydrogens is 254 g/mol. The highest BCUT2D eigenvalue weighted by Gasteiger charge is 2.32. The molecule has 110 valence electrons. The van der Waals surface area contributed by atoms with E-state index in [2.05, 4.69) is 19.2 Å². The Hall–Kier alpha value is -1.84.